The van der Waals surface area contributed by atoms with Crippen LogP contribution in [0.15, 0.2) is 11.6 Å². The Kier molecular flexibility index (Phi) is 5.68. The molecule has 2 nitrogen and oxygen atoms in total. The minimum absolute atomic E-state index is 0.0453. The Morgan fingerprint density at radius 1 is 1.15 bits per heavy atom. The smallest absolute Gasteiger partial charge is 0.157 e. The molecule has 2 aliphatic rings. The third-order valence-corrected chi connectivity index (χ3v) is 5.42. The van der Waals surface area contributed by atoms with Crippen LogP contribution in [0.2, 0.25) is 0 Å². The fourth-order valence-corrected chi connectivity index (χ4v) is 3.83. The standard InChI is InChI=1S/C18H32O2/c1-5-6-7-8-9-17-19-12-18(13-20-17)15(3)10-14(2)11-16(18)4/h10,15-17H,5-9,11-13H2,1-4H3/t15-,16+,17?,18?/m1/s1. The van der Waals surface area contributed by atoms with Crippen molar-refractivity contribution in [2.75, 3.05) is 13.2 Å². The normalized spacial score (nSPS) is 38.0. The fraction of sp³-hybridized carbons (Fsp3) is 0.889. The zero-order valence-electron chi connectivity index (χ0n) is 13.8. The van der Waals surface area contributed by atoms with Crippen molar-refractivity contribution in [3.05, 3.63) is 11.6 Å². The molecule has 2 atom stereocenters. The molecule has 1 fully saturated rings. The summed E-state index contributed by atoms with van der Waals surface area (Å²) in [5.41, 5.74) is 1.73. The van der Waals surface area contributed by atoms with Gasteiger partial charge in [-0.1, -0.05) is 51.7 Å². The molecule has 0 amide bonds. The van der Waals surface area contributed by atoms with Crippen molar-refractivity contribution in [2.24, 2.45) is 17.3 Å². The predicted octanol–water partition coefficient (Wildman–Crippen LogP) is 4.94. The van der Waals surface area contributed by atoms with E-state index in [1.165, 1.54) is 37.7 Å². The molecular formula is C18H32O2. The minimum Gasteiger partial charge on any atom is -0.352 e. The fourth-order valence-electron chi connectivity index (χ4n) is 3.83. The number of hydrogen-bond donors (Lipinski definition) is 0. The predicted molar refractivity (Wildman–Crippen MR) is 83.6 cm³/mol. The number of unbranched alkanes of at least 4 members (excludes halogenated alkanes) is 3. The van der Waals surface area contributed by atoms with Crippen LogP contribution in [0.25, 0.3) is 0 Å². The second kappa shape index (κ2) is 7.09. The van der Waals surface area contributed by atoms with Crippen LogP contribution in [0.4, 0.5) is 0 Å². The van der Waals surface area contributed by atoms with Gasteiger partial charge in [-0.2, -0.15) is 0 Å². The molecule has 2 rings (SSSR count). The summed E-state index contributed by atoms with van der Waals surface area (Å²) in [6, 6.07) is 0. The first-order valence-electron chi connectivity index (χ1n) is 8.49. The molecule has 0 radical (unpaired) electrons. The molecule has 1 spiro atoms. The Morgan fingerprint density at radius 3 is 2.45 bits per heavy atom. The highest BCUT2D eigenvalue weighted by molar-refractivity contribution is 5.13. The van der Waals surface area contributed by atoms with E-state index in [2.05, 4.69) is 33.8 Å². The molecule has 20 heavy (non-hydrogen) atoms. The van der Waals surface area contributed by atoms with Gasteiger partial charge in [0.05, 0.1) is 13.2 Å². The van der Waals surface area contributed by atoms with Gasteiger partial charge in [-0.3, -0.25) is 0 Å². The molecule has 0 N–H and O–H groups in total. The molecule has 0 bridgehead atoms. The van der Waals surface area contributed by atoms with Crippen LogP contribution in [-0.2, 0) is 9.47 Å². The van der Waals surface area contributed by atoms with Gasteiger partial charge in [-0.05, 0) is 38.0 Å². The largest absolute Gasteiger partial charge is 0.352 e. The number of allylic oxidation sites excluding steroid dienone is 2. The van der Waals surface area contributed by atoms with E-state index < -0.39 is 0 Å². The molecule has 116 valence electrons. The van der Waals surface area contributed by atoms with E-state index in [9.17, 15) is 0 Å². The summed E-state index contributed by atoms with van der Waals surface area (Å²) in [6.45, 7) is 10.9. The first kappa shape index (κ1) is 16.0. The summed E-state index contributed by atoms with van der Waals surface area (Å²) >= 11 is 0. The topological polar surface area (TPSA) is 18.5 Å². The molecule has 1 saturated heterocycles. The van der Waals surface area contributed by atoms with Crippen molar-refractivity contribution >= 4 is 0 Å². The SMILES string of the molecule is CCCCCCC1OCC2(CO1)[C@H](C)C=C(C)C[C@@H]2C. The second-order valence-electron chi connectivity index (χ2n) is 7.04. The lowest BCUT2D eigenvalue weighted by molar-refractivity contribution is -0.252. The summed E-state index contributed by atoms with van der Waals surface area (Å²) in [5, 5.41) is 0. The summed E-state index contributed by atoms with van der Waals surface area (Å²) in [6.07, 6.45) is 9.88. The van der Waals surface area contributed by atoms with E-state index >= 15 is 0 Å². The molecule has 0 aromatic carbocycles. The van der Waals surface area contributed by atoms with Gasteiger partial charge in [-0.15, -0.1) is 0 Å². The molecule has 0 unspecified atom stereocenters. The van der Waals surface area contributed by atoms with E-state index in [1.54, 1.807) is 0 Å². The van der Waals surface area contributed by atoms with Crippen LogP contribution in [-0.4, -0.2) is 19.5 Å². The lowest BCUT2D eigenvalue weighted by atomic mass is 9.63. The van der Waals surface area contributed by atoms with Gasteiger partial charge < -0.3 is 9.47 Å². The molecule has 0 saturated carbocycles. The van der Waals surface area contributed by atoms with Gasteiger partial charge in [0.15, 0.2) is 6.29 Å². The lowest BCUT2D eigenvalue weighted by Crippen LogP contribution is -2.50. The van der Waals surface area contributed by atoms with E-state index in [0.29, 0.717) is 11.8 Å². The van der Waals surface area contributed by atoms with Gasteiger partial charge in [0.2, 0.25) is 0 Å². The minimum atomic E-state index is 0.0453. The van der Waals surface area contributed by atoms with Gasteiger partial charge in [0.25, 0.3) is 0 Å². The quantitative estimate of drug-likeness (QED) is 0.524. The maximum Gasteiger partial charge on any atom is 0.157 e. The van der Waals surface area contributed by atoms with Crippen molar-refractivity contribution in [3.63, 3.8) is 0 Å². The van der Waals surface area contributed by atoms with Crippen LogP contribution in [0.5, 0.6) is 0 Å². The van der Waals surface area contributed by atoms with Gasteiger partial charge >= 0.3 is 0 Å². The Labute approximate surface area is 124 Å². The van der Waals surface area contributed by atoms with Crippen LogP contribution in [0.3, 0.4) is 0 Å². The Balaban J connectivity index is 1.84. The van der Waals surface area contributed by atoms with Crippen LogP contribution in [0.1, 0.15) is 66.2 Å². The molecule has 0 aromatic heterocycles. The Hall–Kier alpha value is -0.340. The van der Waals surface area contributed by atoms with E-state index in [-0.39, 0.29) is 11.7 Å². The summed E-state index contributed by atoms with van der Waals surface area (Å²) in [4.78, 5) is 0. The van der Waals surface area contributed by atoms with Crippen molar-refractivity contribution in [2.45, 2.75) is 72.5 Å². The lowest BCUT2D eigenvalue weighted by Gasteiger charge is -2.49. The van der Waals surface area contributed by atoms with Crippen LogP contribution >= 0.6 is 0 Å². The number of hydrogen-bond acceptors (Lipinski definition) is 2. The highest BCUT2D eigenvalue weighted by Crippen LogP contribution is 2.47. The zero-order chi connectivity index (χ0) is 14.6. The summed E-state index contributed by atoms with van der Waals surface area (Å²) < 4.78 is 12.2. The van der Waals surface area contributed by atoms with Crippen molar-refractivity contribution in [3.8, 4) is 0 Å². The highest BCUT2D eigenvalue weighted by atomic mass is 16.7. The molecule has 1 aliphatic carbocycles. The molecular weight excluding hydrogens is 248 g/mol. The van der Waals surface area contributed by atoms with Crippen LogP contribution < -0.4 is 0 Å². The zero-order valence-corrected chi connectivity index (χ0v) is 13.8. The maximum atomic E-state index is 6.08. The number of ether oxygens (including phenoxy) is 2. The first-order chi connectivity index (χ1) is 9.58. The molecule has 1 aliphatic heterocycles. The van der Waals surface area contributed by atoms with Gasteiger partial charge in [-0.25, -0.2) is 0 Å². The highest BCUT2D eigenvalue weighted by Gasteiger charge is 2.46. The third kappa shape index (κ3) is 3.46. The maximum absolute atomic E-state index is 6.08. The van der Waals surface area contributed by atoms with Crippen molar-refractivity contribution < 1.29 is 9.47 Å². The van der Waals surface area contributed by atoms with Gasteiger partial charge in [0.1, 0.15) is 0 Å². The second-order valence-corrected chi connectivity index (χ2v) is 7.04. The average molecular weight is 280 g/mol. The summed E-state index contributed by atoms with van der Waals surface area (Å²) in [5.74, 6) is 1.22. The first-order valence-corrected chi connectivity index (χ1v) is 8.49. The molecule has 2 heteroatoms. The summed E-state index contributed by atoms with van der Waals surface area (Å²) in [7, 11) is 0. The van der Waals surface area contributed by atoms with Gasteiger partial charge in [0, 0.05) is 5.41 Å². The van der Waals surface area contributed by atoms with E-state index in [4.69, 9.17) is 9.47 Å². The molecule has 0 aromatic rings. The molecule has 1 heterocycles. The van der Waals surface area contributed by atoms with Crippen LogP contribution in [0, 0.1) is 17.3 Å². The van der Waals surface area contributed by atoms with E-state index in [1.807, 2.05) is 0 Å². The monoisotopic (exact) mass is 280 g/mol. The Bertz CT molecular complexity index is 326. The third-order valence-electron chi connectivity index (χ3n) is 5.42. The Morgan fingerprint density at radius 2 is 1.85 bits per heavy atom. The van der Waals surface area contributed by atoms with Crippen molar-refractivity contribution in [1.82, 2.24) is 0 Å². The van der Waals surface area contributed by atoms with E-state index in [0.717, 1.165) is 19.6 Å². The number of rotatable bonds is 5. The average Bonchev–Trinajstić information content (AvgIpc) is 2.42. The van der Waals surface area contributed by atoms with Crippen molar-refractivity contribution in [1.29, 1.82) is 0 Å².